The fourth-order valence-corrected chi connectivity index (χ4v) is 2.39. The maximum atomic E-state index is 12.6. The summed E-state index contributed by atoms with van der Waals surface area (Å²) in [6, 6.07) is 7.20. The van der Waals surface area contributed by atoms with E-state index < -0.39 is 5.41 Å². The van der Waals surface area contributed by atoms with Gasteiger partial charge in [-0.25, -0.2) is 0 Å². The number of ether oxygens (including phenoxy) is 2. The third-order valence-corrected chi connectivity index (χ3v) is 3.84. The monoisotopic (exact) mass is 320 g/mol. The molecule has 0 aliphatic carbocycles. The fourth-order valence-electron chi connectivity index (χ4n) is 2.39. The molecule has 1 saturated heterocycles. The van der Waals surface area contributed by atoms with Gasteiger partial charge >= 0.3 is 0 Å². The van der Waals surface area contributed by atoms with Gasteiger partial charge in [-0.3, -0.25) is 9.59 Å². The zero-order valence-corrected chi connectivity index (χ0v) is 13.9. The van der Waals surface area contributed by atoms with E-state index >= 15 is 0 Å². The number of hydrogen-bond acceptors (Lipinski definition) is 4. The molecule has 0 atom stereocenters. The summed E-state index contributed by atoms with van der Waals surface area (Å²) in [5.74, 6) is 0.0614. The number of anilines is 1. The standard InChI is InChI=1S/C17H24N2O4/c1-4-23-14-8-6-5-7-13(14)18-15(20)17(2,3)16(21)19-9-11-22-12-10-19/h5-8H,4,9-12H2,1-3H3,(H,18,20). The number of rotatable bonds is 5. The quantitative estimate of drug-likeness (QED) is 0.842. The van der Waals surface area contributed by atoms with Gasteiger partial charge in [-0.05, 0) is 32.9 Å². The van der Waals surface area contributed by atoms with Gasteiger partial charge in [-0.15, -0.1) is 0 Å². The molecule has 0 spiro atoms. The Bertz CT molecular complexity index is 565. The largest absolute Gasteiger partial charge is 0.492 e. The van der Waals surface area contributed by atoms with E-state index in [1.54, 1.807) is 30.9 Å². The molecule has 0 saturated carbocycles. The van der Waals surface area contributed by atoms with Crippen LogP contribution in [-0.4, -0.2) is 49.6 Å². The first-order valence-corrected chi connectivity index (χ1v) is 7.87. The van der Waals surface area contributed by atoms with Gasteiger partial charge in [0.15, 0.2) is 0 Å². The van der Waals surface area contributed by atoms with Crippen LogP contribution in [0.15, 0.2) is 24.3 Å². The van der Waals surface area contributed by atoms with Crippen LogP contribution in [0.3, 0.4) is 0 Å². The minimum atomic E-state index is -1.16. The van der Waals surface area contributed by atoms with Crippen LogP contribution in [0.5, 0.6) is 5.75 Å². The zero-order chi connectivity index (χ0) is 16.9. The Kier molecular flexibility index (Phi) is 5.60. The van der Waals surface area contributed by atoms with E-state index in [9.17, 15) is 9.59 Å². The first-order valence-electron chi connectivity index (χ1n) is 7.87. The van der Waals surface area contributed by atoms with Crippen LogP contribution in [0.1, 0.15) is 20.8 Å². The van der Waals surface area contributed by atoms with Crippen molar-refractivity contribution in [3.05, 3.63) is 24.3 Å². The molecule has 0 radical (unpaired) electrons. The highest BCUT2D eigenvalue weighted by Crippen LogP contribution is 2.27. The topological polar surface area (TPSA) is 67.9 Å². The van der Waals surface area contributed by atoms with E-state index in [1.165, 1.54) is 0 Å². The van der Waals surface area contributed by atoms with Gasteiger partial charge in [0, 0.05) is 13.1 Å². The average molecular weight is 320 g/mol. The van der Waals surface area contributed by atoms with Crippen molar-refractivity contribution in [1.82, 2.24) is 4.90 Å². The van der Waals surface area contributed by atoms with Gasteiger partial charge < -0.3 is 19.7 Å². The van der Waals surface area contributed by atoms with Crippen molar-refractivity contribution in [2.45, 2.75) is 20.8 Å². The van der Waals surface area contributed by atoms with Gasteiger partial charge in [0.2, 0.25) is 11.8 Å². The second-order valence-electron chi connectivity index (χ2n) is 5.91. The highest BCUT2D eigenvalue weighted by molar-refractivity contribution is 6.10. The number of para-hydroxylation sites is 2. The zero-order valence-electron chi connectivity index (χ0n) is 13.9. The maximum Gasteiger partial charge on any atom is 0.239 e. The molecule has 1 aliphatic rings. The van der Waals surface area contributed by atoms with Gasteiger partial charge in [0.1, 0.15) is 11.2 Å². The second kappa shape index (κ2) is 7.46. The molecule has 0 unspecified atom stereocenters. The maximum absolute atomic E-state index is 12.6. The normalized spacial score (nSPS) is 15.2. The lowest BCUT2D eigenvalue weighted by atomic mass is 9.90. The van der Waals surface area contributed by atoms with E-state index in [0.29, 0.717) is 44.3 Å². The third kappa shape index (κ3) is 4.01. The van der Waals surface area contributed by atoms with Crippen LogP contribution in [0.25, 0.3) is 0 Å². The van der Waals surface area contributed by atoms with Crippen molar-refractivity contribution in [3.8, 4) is 5.75 Å². The summed E-state index contributed by atoms with van der Waals surface area (Å²) in [6.07, 6.45) is 0. The molecular weight excluding hydrogens is 296 g/mol. The van der Waals surface area contributed by atoms with E-state index in [2.05, 4.69) is 5.32 Å². The molecule has 0 bridgehead atoms. The summed E-state index contributed by atoms with van der Waals surface area (Å²) in [7, 11) is 0. The summed E-state index contributed by atoms with van der Waals surface area (Å²) in [5, 5.41) is 2.81. The van der Waals surface area contributed by atoms with Gasteiger partial charge in [0.05, 0.1) is 25.5 Å². The van der Waals surface area contributed by atoms with Crippen molar-refractivity contribution >= 4 is 17.5 Å². The van der Waals surface area contributed by atoms with Gasteiger partial charge in [0.25, 0.3) is 0 Å². The number of morpholine rings is 1. The first-order chi connectivity index (χ1) is 11.0. The van der Waals surface area contributed by atoms with Gasteiger partial charge in [-0.2, -0.15) is 0 Å². The van der Waals surface area contributed by atoms with Crippen molar-refractivity contribution < 1.29 is 19.1 Å². The Morgan fingerprint density at radius 2 is 1.91 bits per heavy atom. The molecule has 1 heterocycles. The Morgan fingerprint density at radius 3 is 2.57 bits per heavy atom. The average Bonchev–Trinajstić information content (AvgIpc) is 2.57. The van der Waals surface area contributed by atoms with Crippen LogP contribution < -0.4 is 10.1 Å². The highest BCUT2D eigenvalue weighted by atomic mass is 16.5. The Labute approximate surface area is 136 Å². The number of hydrogen-bond donors (Lipinski definition) is 1. The molecule has 1 fully saturated rings. The SMILES string of the molecule is CCOc1ccccc1NC(=O)C(C)(C)C(=O)N1CCOCC1. The molecule has 6 heteroatoms. The number of nitrogens with zero attached hydrogens (tertiary/aromatic N) is 1. The lowest BCUT2D eigenvalue weighted by Crippen LogP contribution is -2.51. The second-order valence-corrected chi connectivity index (χ2v) is 5.91. The molecule has 1 aliphatic heterocycles. The Morgan fingerprint density at radius 1 is 1.26 bits per heavy atom. The van der Waals surface area contributed by atoms with Crippen molar-refractivity contribution in [1.29, 1.82) is 0 Å². The minimum Gasteiger partial charge on any atom is -0.492 e. The Balaban J connectivity index is 2.10. The summed E-state index contributed by atoms with van der Waals surface area (Å²) >= 11 is 0. The number of carbonyl (C=O) groups excluding carboxylic acids is 2. The van der Waals surface area contributed by atoms with Gasteiger partial charge in [-0.1, -0.05) is 12.1 Å². The Hall–Kier alpha value is -2.08. The lowest BCUT2D eigenvalue weighted by Gasteiger charge is -2.33. The summed E-state index contributed by atoms with van der Waals surface area (Å²) in [6.45, 7) is 7.73. The van der Waals surface area contributed by atoms with E-state index in [0.717, 1.165) is 0 Å². The number of benzene rings is 1. The van der Waals surface area contributed by atoms with Crippen molar-refractivity contribution in [2.24, 2.45) is 5.41 Å². The molecule has 23 heavy (non-hydrogen) atoms. The molecule has 6 nitrogen and oxygen atoms in total. The first kappa shape index (κ1) is 17.3. The van der Waals surface area contributed by atoms with Crippen molar-refractivity contribution in [2.75, 3.05) is 38.2 Å². The number of carbonyl (C=O) groups is 2. The molecule has 2 amide bonds. The molecule has 1 N–H and O–H groups in total. The number of amides is 2. The van der Waals surface area contributed by atoms with Crippen LogP contribution in [0.2, 0.25) is 0 Å². The number of nitrogens with one attached hydrogen (secondary N) is 1. The lowest BCUT2D eigenvalue weighted by molar-refractivity contribution is -0.149. The summed E-state index contributed by atoms with van der Waals surface area (Å²) in [5.41, 5.74) is -0.585. The van der Waals surface area contributed by atoms with Crippen LogP contribution >= 0.6 is 0 Å². The van der Waals surface area contributed by atoms with E-state index in [1.807, 2.05) is 19.1 Å². The van der Waals surface area contributed by atoms with E-state index in [4.69, 9.17) is 9.47 Å². The molecule has 126 valence electrons. The molecular formula is C17H24N2O4. The van der Waals surface area contributed by atoms with Crippen LogP contribution in [0, 0.1) is 5.41 Å². The third-order valence-electron chi connectivity index (χ3n) is 3.84. The summed E-state index contributed by atoms with van der Waals surface area (Å²) < 4.78 is 10.8. The predicted molar refractivity (Wildman–Crippen MR) is 87.4 cm³/mol. The van der Waals surface area contributed by atoms with Crippen LogP contribution in [-0.2, 0) is 14.3 Å². The predicted octanol–water partition coefficient (Wildman–Crippen LogP) is 1.91. The van der Waals surface area contributed by atoms with Crippen LogP contribution in [0.4, 0.5) is 5.69 Å². The smallest absolute Gasteiger partial charge is 0.239 e. The highest BCUT2D eigenvalue weighted by Gasteiger charge is 2.39. The summed E-state index contributed by atoms with van der Waals surface area (Å²) in [4.78, 5) is 26.9. The minimum absolute atomic E-state index is 0.188. The molecule has 1 aromatic carbocycles. The fraction of sp³-hybridized carbons (Fsp3) is 0.529. The molecule has 2 rings (SSSR count). The van der Waals surface area contributed by atoms with Crippen molar-refractivity contribution in [3.63, 3.8) is 0 Å². The van der Waals surface area contributed by atoms with E-state index in [-0.39, 0.29) is 11.8 Å². The molecule has 0 aromatic heterocycles. The molecule has 1 aromatic rings.